The molecule has 12 aromatic rings. The Kier molecular flexibility index (Phi) is 8.21. The van der Waals surface area contributed by atoms with Gasteiger partial charge in [-0.15, -0.1) is 0 Å². The number of rotatable bonds is 6. The van der Waals surface area contributed by atoms with Crippen LogP contribution >= 0.6 is 0 Å². The highest BCUT2D eigenvalue weighted by Crippen LogP contribution is 2.41. The van der Waals surface area contributed by atoms with Crippen molar-refractivity contribution in [3.05, 3.63) is 241 Å². The van der Waals surface area contributed by atoms with Gasteiger partial charge in [-0.25, -0.2) is 9.98 Å². The zero-order chi connectivity index (χ0) is 42.1. The summed E-state index contributed by atoms with van der Waals surface area (Å²) in [6.07, 6.45) is -0.372. The van der Waals surface area contributed by atoms with Crippen molar-refractivity contribution in [2.75, 3.05) is 0 Å². The van der Waals surface area contributed by atoms with Crippen molar-refractivity contribution >= 4 is 76.8 Å². The molecule has 300 valence electrons. The standard InChI is InChI=1S/C59H39N5/c1-3-15-38(16-4-1)39-27-29-42(30-28-39)58-60-57(41-18-5-2-6-19-41)61-59(62-58)49-33-31-40-17-9-10-22-46(40)56(49)64-54-34-32-45(37-51(54)50-35-43-20-7-8-21-44(43)36-55(50)64)63-52-25-13-11-23-47(52)48-24-12-14-26-53(48)63/h1-37,58H,(H,60,61,62). The molecule has 5 nitrogen and oxygen atoms in total. The molecule has 64 heavy (non-hydrogen) atoms. The van der Waals surface area contributed by atoms with Crippen molar-refractivity contribution in [1.82, 2.24) is 14.5 Å². The number of hydrogen-bond donors (Lipinski definition) is 1. The molecule has 1 aliphatic rings. The summed E-state index contributed by atoms with van der Waals surface area (Å²) in [6.45, 7) is 0. The Balaban J connectivity index is 1.07. The number of fused-ring (bicyclic) bond motifs is 8. The van der Waals surface area contributed by atoms with Crippen LogP contribution in [-0.4, -0.2) is 20.8 Å². The molecule has 2 aromatic heterocycles. The number of hydrogen-bond acceptors (Lipinski definition) is 3. The van der Waals surface area contributed by atoms with E-state index in [2.05, 4.69) is 233 Å². The first kappa shape index (κ1) is 36.1. The number of amidine groups is 2. The van der Waals surface area contributed by atoms with Crippen molar-refractivity contribution in [3.8, 4) is 22.5 Å². The Hall–Kier alpha value is -8.54. The molecular formula is C59H39N5. The van der Waals surface area contributed by atoms with Gasteiger partial charge in [-0.05, 0) is 81.4 Å². The van der Waals surface area contributed by atoms with Crippen molar-refractivity contribution in [1.29, 1.82) is 0 Å². The fourth-order valence-electron chi connectivity index (χ4n) is 9.92. The predicted molar refractivity (Wildman–Crippen MR) is 267 cm³/mol. The SMILES string of the molecule is c1ccc(C2=NC(c3ccc4ccccc4c3-n3c4ccc(-n5c6ccccc6c6ccccc65)cc4c4cc5ccccc5cc43)=NC(c3ccc(-c4ccccc4)cc3)N2)cc1. The van der Waals surface area contributed by atoms with Crippen molar-refractivity contribution in [3.63, 3.8) is 0 Å². The number of aliphatic imine (C=N–C) groups is 2. The van der Waals surface area contributed by atoms with E-state index in [0.717, 1.165) is 55.7 Å². The quantitative estimate of drug-likeness (QED) is 0.178. The lowest BCUT2D eigenvalue weighted by Crippen LogP contribution is -2.33. The molecule has 0 bridgehead atoms. The molecule has 0 spiro atoms. The molecule has 0 fully saturated rings. The molecule has 1 atom stereocenters. The Morgan fingerprint density at radius 3 is 1.66 bits per heavy atom. The second-order valence-corrected chi connectivity index (χ2v) is 16.6. The average Bonchev–Trinajstić information content (AvgIpc) is 3.87. The second kappa shape index (κ2) is 14.5. The van der Waals surface area contributed by atoms with Gasteiger partial charge in [0.2, 0.25) is 0 Å². The third-order valence-corrected chi connectivity index (χ3v) is 12.9. The Bertz CT molecular complexity index is 3800. The van der Waals surface area contributed by atoms with Crippen LogP contribution in [0.15, 0.2) is 234 Å². The molecule has 10 aromatic carbocycles. The van der Waals surface area contributed by atoms with Crippen molar-refractivity contribution in [2.24, 2.45) is 9.98 Å². The monoisotopic (exact) mass is 817 g/mol. The van der Waals surface area contributed by atoms with E-state index in [1.807, 2.05) is 6.07 Å². The van der Waals surface area contributed by atoms with Crippen LogP contribution < -0.4 is 5.32 Å². The largest absolute Gasteiger partial charge is 0.344 e. The van der Waals surface area contributed by atoms with Crippen LogP contribution in [0.5, 0.6) is 0 Å². The van der Waals surface area contributed by atoms with E-state index in [0.29, 0.717) is 5.84 Å². The Morgan fingerprint density at radius 2 is 0.938 bits per heavy atom. The first-order chi connectivity index (χ1) is 31.7. The predicted octanol–water partition coefficient (Wildman–Crippen LogP) is 14.3. The van der Waals surface area contributed by atoms with Gasteiger partial charge in [-0.2, -0.15) is 0 Å². The zero-order valence-corrected chi connectivity index (χ0v) is 34.7. The third-order valence-electron chi connectivity index (χ3n) is 12.9. The van der Waals surface area contributed by atoms with Crippen molar-refractivity contribution in [2.45, 2.75) is 6.17 Å². The molecule has 1 N–H and O–H groups in total. The van der Waals surface area contributed by atoms with Crippen LogP contribution in [-0.2, 0) is 0 Å². The fraction of sp³-hybridized carbons (Fsp3) is 0.0169. The number of nitrogens with zero attached hydrogens (tertiary/aromatic N) is 4. The van der Waals surface area contributed by atoms with Crippen molar-refractivity contribution < 1.29 is 0 Å². The van der Waals surface area contributed by atoms with E-state index in [1.54, 1.807) is 0 Å². The fourth-order valence-corrected chi connectivity index (χ4v) is 9.92. The van der Waals surface area contributed by atoms with Crippen LogP contribution in [0, 0.1) is 0 Å². The molecule has 0 amide bonds. The van der Waals surface area contributed by atoms with Gasteiger partial charge in [0.25, 0.3) is 0 Å². The van der Waals surface area contributed by atoms with Gasteiger partial charge in [0.05, 0.1) is 27.8 Å². The van der Waals surface area contributed by atoms with Gasteiger partial charge >= 0.3 is 0 Å². The summed E-state index contributed by atoms with van der Waals surface area (Å²) in [5.41, 5.74) is 12.2. The summed E-state index contributed by atoms with van der Waals surface area (Å²) in [7, 11) is 0. The lowest BCUT2D eigenvalue weighted by atomic mass is 10.0. The number of para-hydroxylation sites is 2. The van der Waals surface area contributed by atoms with Gasteiger partial charge in [-0.3, -0.25) is 0 Å². The van der Waals surface area contributed by atoms with Gasteiger partial charge < -0.3 is 14.5 Å². The molecule has 0 aliphatic carbocycles. The summed E-state index contributed by atoms with van der Waals surface area (Å²) < 4.78 is 4.88. The summed E-state index contributed by atoms with van der Waals surface area (Å²) in [6, 6.07) is 80.6. The first-order valence-corrected chi connectivity index (χ1v) is 21.9. The molecule has 13 rings (SSSR count). The van der Waals surface area contributed by atoms with Gasteiger partial charge in [0.15, 0.2) is 5.84 Å². The molecule has 0 radical (unpaired) electrons. The summed E-state index contributed by atoms with van der Waals surface area (Å²) in [5.74, 6) is 1.46. The molecule has 3 heterocycles. The molecule has 1 aliphatic heterocycles. The zero-order valence-electron chi connectivity index (χ0n) is 34.7. The van der Waals surface area contributed by atoms with E-state index >= 15 is 0 Å². The van der Waals surface area contributed by atoms with Crippen LogP contribution in [0.25, 0.3) is 87.7 Å². The van der Waals surface area contributed by atoms with E-state index in [9.17, 15) is 0 Å². The molecular weight excluding hydrogens is 779 g/mol. The summed E-state index contributed by atoms with van der Waals surface area (Å²) in [4.78, 5) is 10.9. The van der Waals surface area contributed by atoms with Crippen LogP contribution in [0.2, 0.25) is 0 Å². The molecule has 5 heteroatoms. The maximum Gasteiger partial charge on any atom is 0.161 e. The van der Waals surface area contributed by atoms with E-state index in [-0.39, 0.29) is 6.17 Å². The highest BCUT2D eigenvalue weighted by atomic mass is 15.2. The minimum atomic E-state index is -0.372. The average molecular weight is 818 g/mol. The lowest BCUT2D eigenvalue weighted by molar-refractivity contribution is 0.674. The maximum absolute atomic E-state index is 5.49. The highest BCUT2D eigenvalue weighted by molar-refractivity contribution is 6.20. The topological polar surface area (TPSA) is 46.6 Å². The lowest BCUT2D eigenvalue weighted by Gasteiger charge is -2.25. The molecule has 0 saturated carbocycles. The second-order valence-electron chi connectivity index (χ2n) is 16.6. The Morgan fingerprint density at radius 1 is 0.375 bits per heavy atom. The molecule has 0 saturated heterocycles. The van der Waals surface area contributed by atoms with Gasteiger partial charge in [0, 0.05) is 43.7 Å². The normalized spacial score (nSPS) is 14.1. The number of benzene rings is 10. The van der Waals surface area contributed by atoms with E-state index in [1.165, 1.54) is 54.5 Å². The maximum atomic E-state index is 5.49. The summed E-state index contributed by atoms with van der Waals surface area (Å²) in [5, 5.41) is 13.2. The van der Waals surface area contributed by atoms with Crippen LogP contribution in [0.3, 0.4) is 0 Å². The smallest absolute Gasteiger partial charge is 0.161 e. The van der Waals surface area contributed by atoms with Gasteiger partial charge in [0.1, 0.15) is 12.0 Å². The van der Waals surface area contributed by atoms with E-state index in [4.69, 9.17) is 9.98 Å². The minimum Gasteiger partial charge on any atom is -0.344 e. The van der Waals surface area contributed by atoms with Crippen LogP contribution in [0.1, 0.15) is 22.9 Å². The minimum absolute atomic E-state index is 0.372. The Labute approximate surface area is 369 Å². The first-order valence-electron chi connectivity index (χ1n) is 21.9. The number of aromatic nitrogens is 2. The van der Waals surface area contributed by atoms with E-state index < -0.39 is 0 Å². The number of nitrogens with one attached hydrogen (secondary N) is 1. The summed E-state index contributed by atoms with van der Waals surface area (Å²) >= 11 is 0. The van der Waals surface area contributed by atoms with Crippen LogP contribution in [0.4, 0.5) is 0 Å². The highest BCUT2D eigenvalue weighted by Gasteiger charge is 2.26. The molecule has 1 unspecified atom stereocenters. The van der Waals surface area contributed by atoms with Gasteiger partial charge in [-0.1, -0.05) is 176 Å². The third kappa shape index (κ3) is 5.79.